The molecule has 0 aliphatic rings. The van der Waals surface area contributed by atoms with E-state index in [1.165, 1.54) is 0 Å². The molecule has 1 radical (unpaired) electrons. The molecule has 95 valence electrons. The molecule has 0 bridgehead atoms. The molecule has 0 spiro atoms. The summed E-state index contributed by atoms with van der Waals surface area (Å²) in [6.45, 7) is 16.0. The van der Waals surface area contributed by atoms with Gasteiger partial charge in [0.1, 0.15) is 18.1 Å². The molecule has 1 amide bonds. The Hall–Kier alpha value is -0.570. The largest absolute Gasteiger partial charge is 0.361 e. The fraction of sp³-hybridized carbons (Fsp3) is 0.923. The highest BCUT2D eigenvalue weighted by molar-refractivity contribution is 5.46. The van der Waals surface area contributed by atoms with Crippen molar-refractivity contribution in [3.05, 3.63) is 0 Å². The molecular formula is C13H28N2O+. The van der Waals surface area contributed by atoms with Gasteiger partial charge in [-0.2, -0.15) is 5.01 Å². The Morgan fingerprint density at radius 3 is 1.56 bits per heavy atom. The van der Waals surface area contributed by atoms with E-state index in [0.29, 0.717) is 22.7 Å². The van der Waals surface area contributed by atoms with Gasteiger partial charge in [-0.3, -0.25) is 4.79 Å². The average molecular weight is 228 g/mol. The number of carbonyl (C=O) groups excluding carboxylic acids is 1. The van der Waals surface area contributed by atoms with E-state index in [0.717, 1.165) is 13.0 Å². The van der Waals surface area contributed by atoms with Gasteiger partial charge in [-0.15, -0.1) is 0 Å². The lowest BCUT2D eigenvalue weighted by molar-refractivity contribution is -1.07. The van der Waals surface area contributed by atoms with E-state index < -0.39 is 0 Å². The van der Waals surface area contributed by atoms with E-state index in [1.54, 1.807) is 0 Å². The van der Waals surface area contributed by atoms with Crippen LogP contribution >= 0.6 is 0 Å². The van der Waals surface area contributed by atoms with Gasteiger partial charge in [0, 0.05) is 0 Å². The summed E-state index contributed by atoms with van der Waals surface area (Å²) in [5.74, 6) is 0. The quantitative estimate of drug-likeness (QED) is 0.373. The molecule has 0 atom stereocenters. The maximum atomic E-state index is 11.2. The number of hydrogen-bond acceptors (Lipinski definition) is 1. The van der Waals surface area contributed by atoms with Crippen LogP contribution in [0.1, 0.15) is 54.9 Å². The monoisotopic (exact) mass is 228 g/mol. The Bertz CT molecular complexity index is 190. The molecule has 0 saturated carbocycles. The summed E-state index contributed by atoms with van der Waals surface area (Å²) in [6.07, 6.45) is 3.12. The maximum Gasteiger partial charge on any atom is 0.361 e. The molecule has 0 unspecified atom stereocenters. The van der Waals surface area contributed by atoms with Crippen LogP contribution in [0.3, 0.4) is 0 Å². The summed E-state index contributed by atoms with van der Waals surface area (Å²) in [6, 6.07) is 1.15. The predicted molar refractivity (Wildman–Crippen MR) is 68.4 cm³/mol. The molecule has 0 aliphatic heterocycles. The maximum absolute atomic E-state index is 11.2. The van der Waals surface area contributed by atoms with Gasteiger partial charge in [0.25, 0.3) is 0 Å². The zero-order chi connectivity index (χ0) is 12.9. The molecule has 0 saturated heterocycles. The number of hydrogen-bond donors (Lipinski definition) is 0. The van der Waals surface area contributed by atoms with E-state index in [9.17, 15) is 4.79 Å². The van der Waals surface area contributed by atoms with Crippen LogP contribution in [0.25, 0.3) is 0 Å². The first-order chi connectivity index (χ1) is 7.35. The fourth-order valence-electron chi connectivity index (χ4n) is 3.13. The molecule has 0 aliphatic carbocycles. The third-order valence-corrected chi connectivity index (χ3v) is 3.44. The Kier molecular flexibility index (Phi) is 6.01. The molecule has 0 rings (SSSR count). The van der Waals surface area contributed by atoms with Crippen molar-refractivity contribution >= 4 is 6.41 Å². The molecule has 3 nitrogen and oxygen atoms in total. The molecule has 0 fully saturated rings. The van der Waals surface area contributed by atoms with Crippen molar-refractivity contribution in [1.29, 1.82) is 0 Å². The van der Waals surface area contributed by atoms with Crippen LogP contribution in [0.5, 0.6) is 0 Å². The summed E-state index contributed by atoms with van der Waals surface area (Å²) in [7, 11) is 0. The Balaban J connectivity index is 5.38. The topological polar surface area (TPSA) is 20.3 Å². The predicted octanol–water partition coefficient (Wildman–Crippen LogP) is 2.72. The zero-order valence-corrected chi connectivity index (χ0v) is 11.9. The van der Waals surface area contributed by atoms with Crippen LogP contribution in [0.4, 0.5) is 0 Å². The van der Waals surface area contributed by atoms with Crippen LogP contribution < -0.4 is 0 Å². The minimum absolute atomic E-state index is 0.382. The first kappa shape index (κ1) is 15.4. The summed E-state index contributed by atoms with van der Waals surface area (Å²) >= 11 is 0. The number of amides is 1. The van der Waals surface area contributed by atoms with Gasteiger partial charge in [-0.25, -0.2) is 4.59 Å². The van der Waals surface area contributed by atoms with Crippen molar-refractivity contribution in [2.45, 2.75) is 73.0 Å². The Morgan fingerprint density at radius 1 is 1.00 bits per heavy atom. The third kappa shape index (κ3) is 2.57. The fourth-order valence-corrected chi connectivity index (χ4v) is 3.13. The molecule has 0 aromatic heterocycles. The van der Waals surface area contributed by atoms with Crippen molar-refractivity contribution in [3.8, 4) is 0 Å². The van der Waals surface area contributed by atoms with Crippen molar-refractivity contribution in [2.75, 3.05) is 6.54 Å². The molecule has 0 heterocycles. The average Bonchev–Trinajstić information content (AvgIpc) is 2.15. The van der Waals surface area contributed by atoms with E-state index in [2.05, 4.69) is 54.9 Å². The standard InChI is InChI=1S/C13H28N2O/c1-8-9-14(10-16)15(11(2)3,12(4)5)13(6)7/h11-13H,8-9H2,1-7H3/q+1. The normalized spacial score (nSPS) is 12.6. The van der Waals surface area contributed by atoms with Gasteiger partial charge in [0.2, 0.25) is 0 Å². The minimum atomic E-state index is 0.382. The van der Waals surface area contributed by atoms with Gasteiger partial charge < -0.3 is 0 Å². The summed E-state index contributed by atoms with van der Waals surface area (Å²) in [5, 5.41) is 1.85. The molecule has 3 heteroatoms. The summed E-state index contributed by atoms with van der Waals surface area (Å²) in [5.41, 5.74) is 0. The van der Waals surface area contributed by atoms with Crippen LogP contribution in [-0.4, -0.2) is 40.7 Å². The lowest BCUT2D eigenvalue weighted by atomic mass is 10.1. The lowest BCUT2D eigenvalue weighted by Crippen LogP contribution is -2.70. The van der Waals surface area contributed by atoms with Gasteiger partial charge >= 0.3 is 6.41 Å². The summed E-state index contributed by atoms with van der Waals surface area (Å²) < 4.78 is 0.692. The second-order valence-corrected chi connectivity index (χ2v) is 5.29. The van der Waals surface area contributed by atoms with Crippen LogP contribution in [0.2, 0.25) is 0 Å². The highest BCUT2D eigenvalue weighted by atomic mass is 16.2. The molecule has 0 aromatic rings. The van der Waals surface area contributed by atoms with Gasteiger partial charge in [0.05, 0.1) is 6.54 Å². The Labute approximate surface area is 101 Å². The molecule has 16 heavy (non-hydrogen) atoms. The van der Waals surface area contributed by atoms with E-state index in [1.807, 2.05) is 5.01 Å². The van der Waals surface area contributed by atoms with Gasteiger partial charge in [-0.05, 0) is 48.0 Å². The number of quaternary nitrogens is 1. The molecule has 0 N–H and O–H groups in total. The van der Waals surface area contributed by atoms with Crippen LogP contribution in [0.15, 0.2) is 0 Å². The van der Waals surface area contributed by atoms with Crippen molar-refractivity contribution < 1.29 is 9.39 Å². The highest BCUT2D eigenvalue weighted by Crippen LogP contribution is 2.27. The van der Waals surface area contributed by atoms with Crippen molar-refractivity contribution in [1.82, 2.24) is 5.01 Å². The first-order valence-corrected chi connectivity index (χ1v) is 6.39. The van der Waals surface area contributed by atoms with Crippen molar-refractivity contribution in [2.24, 2.45) is 0 Å². The second kappa shape index (κ2) is 6.24. The number of rotatable bonds is 7. The number of nitrogens with zero attached hydrogens (tertiary/aromatic N) is 2. The Morgan fingerprint density at radius 2 is 1.38 bits per heavy atom. The minimum Gasteiger partial charge on any atom is -0.258 e. The molecular weight excluding hydrogens is 200 g/mol. The lowest BCUT2D eigenvalue weighted by Gasteiger charge is -2.52. The van der Waals surface area contributed by atoms with E-state index in [-0.39, 0.29) is 0 Å². The van der Waals surface area contributed by atoms with E-state index in [4.69, 9.17) is 0 Å². The first-order valence-electron chi connectivity index (χ1n) is 6.39. The third-order valence-electron chi connectivity index (χ3n) is 3.44. The van der Waals surface area contributed by atoms with Gasteiger partial charge in [-0.1, -0.05) is 6.92 Å². The highest BCUT2D eigenvalue weighted by Gasteiger charge is 2.44. The zero-order valence-electron chi connectivity index (χ0n) is 11.9. The van der Waals surface area contributed by atoms with Gasteiger partial charge in [0.15, 0.2) is 0 Å². The van der Waals surface area contributed by atoms with Crippen LogP contribution in [-0.2, 0) is 4.79 Å². The van der Waals surface area contributed by atoms with Crippen LogP contribution in [0, 0.1) is 0 Å². The molecule has 0 aromatic carbocycles. The summed E-state index contributed by atoms with van der Waals surface area (Å²) in [4.78, 5) is 11.2. The van der Waals surface area contributed by atoms with Crippen molar-refractivity contribution in [3.63, 3.8) is 0 Å². The SMILES string of the molecule is CCCN([C]=O)[N+](C(C)C)(C(C)C)C(C)C. The second-order valence-electron chi connectivity index (χ2n) is 5.29. The smallest absolute Gasteiger partial charge is 0.258 e. The van der Waals surface area contributed by atoms with E-state index >= 15 is 0 Å².